The van der Waals surface area contributed by atoms with Gasteiger partial charge in [0.05, 0.1) is 6.42 Å². The van der Waals surface area contributed by atoms with Gasteiger partial charge in [-0.1, -0.05) is 11.6 Å². The molecule has 2 aromatic rings. The summed E-state index contributed by atoms with van der Waals surface area (Å²) in [5, 5.41) is 15.0. The minimum absolute atomic E-state index is 0.0571. The molecule has 1 fully saturated rings. The van der Waals surface area contributed by atoms with Crippen LogP contribution in [0.3, 0.4) is 0 Å². The number of carbonyl (C=O) groups excluding carboxylic acids is 3. The van der Waals surface area contributed by atoms with Crippen LogP contribution in [0.4, 0.5) is 11.4 Å². The summed E-state index contributed by atoms with van der Waals surface area (Å²) in [5.74, 6) is -2.00. The van der Waals surface area contributed by atoms with Crippen LogP contribution in [0.2, 0.25) is 5.02 Å². The average molecular weight is 458 g/mol. The van der Waals surface area contributed by atoms with E-state index in [-0.39, 0.29) is 12.3 Å². The van der Waals surface area contributed by atoms with Gasteiger partial charge in [0.25, 0.3) is 5.91 Å². The standard InChI is InChI=1S/C23H24ClN3O5/c24-16-6-8-17(9-7-16)25-20(28)13-18(14-22(30)31)26-23(32)15-4-10-19(11-5-15)27-12-2-1-3-21(27)29/h4-11,18H,1-3,12-14H2,(H,25,28)(H,26,32)(H,30,31). The molecule has 1 aliphatic heterocycles. The normalized spacial score (nSPS) is 14.5. The summed E-state index contributed by atoms with van der Waals surface area (Å²) in [6, 6.07) is 12.1. The molecule has 1 atom stereocenters. The predicted molar refractivity (Wildman–Crippen MR) is 121 cm³/mol. The molecule has 1 saturated heterocycles. The Morgan fingerprint density at radius 2 is 1.69 bits per heavy atom. The fraction of sp³-hybridized carbons (Fsp3) is 0.304. The number of halogens is 1. The van der Waals surface area contributed by atoms with Gasteiger partial charge in [0.1, 0.15) is 0 Å². The zero-order valence-electron chi connectivity index (χ0n) is 17.3. The summed E-state index contributed by atoms with van der Waals surface area (Å²) in [6.07, 6.45) is 1.72. The van der Waals surface area contributed by atoms with Gasteiger partial charge in [-0.25, -0.2) is 0 Å². The molecular formula is C23H24ClN3O5. The molecule has 3 N–H and O–H groups in total. The van der Waals surface area contributed by atoms with Crippen LogP contribution in [-0.4, -0.2) is 41.4 Å². The summed E-state index contributed by atoms with van der Waals surface area (Å²) in [4.78, 5) is 49.9. The molecule has 1 aliphatic rings. The van der Waals surface area contributed by atoms with Crippen LogP contribution in [0.1, 0.15) is 42.5 Å². The van der Waals surface area contributed by atoms with E-state index in [0.717, 1.165) is 18.5 Å². The molecule has 0 aliphatic carbocycles. The van der Waals surface area contributed by atoms with Crippen LogP contribution in [0, 0.1) is 0 Å². The summed E-state index contributed by atoms with van der Waals surface area (Å²) in [5.41, 5.74) is 1.55. The fourth-order valence-electron chi connectivity index (χ4n) is 3.49. The van der Waals surface area contributed by atoms with Crippen molar-refractivity contribution < 1.29 is 24.3 Å². The topological polar surface area (TPSA) is 116 Å². The second-order valence-electron chi connectivity index (χ2n) is 7.58. The smallest absolute Gasteiger partial charge is 0.305 e. The number of nitrogens with one attached hydrogen (secondary N) is 2. The molecule has 0 saturated carbocycles. The summed E-state index contributed by atoms with van der Waals surface area (Å²) in [7, 11) is 0. The van der Waals surface area contributed by atoms with Crippen molar-refractivity contribution in [3.8, 4) is 0 Å². The van der Waals surface area contributed by atoms with Crippen molar-refractivity contribution in [3.63, 3.8) is 0 Å². The summed E-state index contributed by atoms with van der Waals surface area (Å²) >= 11 is 5.82. The molecule has 0 aromatic heterocycles. The van der Waals surface area contributed by atoms with E-state index >= 15 is 0 Å². The molecule has 2 aromatic carbocycles. The molecule has 0 radical (unpaired) electrons. The maximum Gasteiger partial charge on any atom is 0.305 e. The third-order valence-corrected chi connectivity index (χ3v) is 5.33. The third-order valence-electron chi connectivity index (χ3n) is 5.08. The van der Waals surface area contributed by atoms with E-state index in [1.54, 1.807) is 53.4 Å². The molecule has 9 heteroatoms. The lowest BCUT2D eigenvalue weighted by Gasteiger charge is -2.26. The minimum Gasteiger partial charge on any atom is -0.481 e. The second kappa shape index (κ2) is 10.8. The number of carbonyl (C=O) groups is 4. The Hall–Kier alpha value is -3.39. The number of nitrogens with zero attached hydrogens (tertiary/aromatic N) is 1. The third kappa shape index (κ3) is 6.55. The molecule has 32 heavy (non-hydrogen) atoms. The fourth-order valence-corrected chi connectivity index (χ4v) is 3.62. The van der Waals surface area contributed by atoms with E-state index in [1.807, 2.05) is 0 Å². The second-order valence-corrected chi connectivity index (χ2v) is 8.01. The SMILES string of the molecule is O=C(O)CC(CC(=O)Nc1ccc(Cl)cc1)NC(=O)c1ccc(N2CCCCC2=O)cc1. The highest BCUT2D eigenvalue weighted by atomic mass is 35.5. The van der Waals surface area contributed by atoms with Crippen LogP contribution in [0.5, 0.6) is 0 Å². The first-order valence-corrected chi connectivity index (χ1v) is 10.7. The lowest BCUT2D eigenvalue weighted by molar-refractivity contribution is -0.137. The van der Waals surface area contributed by atoms with Crippen molar-refractivity contribution in [2.45, 2.75) is 38.1 Å². The van der Waals surface area contributed by atoms with Crippen LogP contribution in [0.25, 0.3) is 0 Å². The van der Waals surface area contributed by atoms with Gasteiger partial charge >= 0.3 is 5.97 Å². The Balaban J connectivity index is 1.62. The molecule has 1 unspecified atom stereocenters. The van der Waals surface area contributed by atoms with E-state index in [2.05, 4.69) is 10.6 Å². The Morgan fingerprint density at radius 1 is 1.00 bits per heavy atom. The van der Waals surface area contributed by atoms with Crippen molar-refractivity contribution >= 4 is 46.7 Å². The number of hydrogen-bond donors (Lipinski definition) is 3. The minimum atomic E-state index is -1.13. The maximum atomic E-state index is 12.6. The largest absolute Gasteiger partial charge is 0.481 e. The van der Waals surface area contributed by atoms with Crippen molar-refractivity contribution in [1.29, 1.82) is 0 Å². The molecule has 3 rings (SSSR count). The van der Waals surface area contributed by atoms with Gasteiger partial charge < -0.3 is 20.6 Å². The van der Waals surface area contributed by atoms with Gasteiger partial charge in [0, 0.05) is 47.4 Å². The Kier molecular flexibility index (Phi) is 7.83. The first kappa shape index (κ1) is 23.3. The number of amides is 3. The number of carboxylic acid groups (broad SMARTS) is 1. The van der Waals surface area contributed by atoms with Crippen LogP contribution >= 0.6 is 11.6 Å². The highest BCUT2D eigenvalue weighted by molar-refractivity contribution is 6.30. The number of piperidine rings is 1. The highest BCUT2D eigenvalue weighted by Crippen LogP contribution is 2.21. The first-order valence-electron chi connectivity index (χ1n) is 10.3. The number of carboxylic acids is 1. The average Bonchev–Trinajstić information content (AvgIpc) is 2.75. The Morgan fingerprint density at radius 3 is 2.31 bits per heavy atom. The Labute approximate surface area is 190 Å². The lowest BCUT2D eigenvalue weighted by Crippen LogP contribution is -2.39. The summed E-state index contributed by atoms with van der Waals surface area (Å²) < 4.78 is 0. The van der Waals surface area contributed by atoms with E-state index < -0.39 is 30.2 Å². The molecule has 1 heterocycles. The van der Waals surface area contributed by atoms with Crippen LogP contribution in [-0.2, 0) is 14.4 Å². The number of anilines is 2. The van der Waals surface area contributed by atoms with Gasteiger partial charge in [-0.05, 0) is 61.4 Å². The predicted octanol–water partition coefficient (Wildman–Crippen LogP) is 3.46. The van der Waals surface area contributed by atoms with E-state index in [4.69, 9.17) is 11.6 Å². The maximum absolute atomic E-state index is 12.6. The van der Waals surface area contributed by atoms with Gasteiger partial charge in [0.15, 0.2) is 0 Å². The number of hydrogen-bond acceptors (Lipinski definition) is 4. The summed E-state index contributed by atoms with van der Waals surface area (Å²) in [6.45, 7) is 0.647. The van der Waals surface area contributed by atoms with E-state index in [9.17, 15) is 24.3 Å². The quantitative estimate of drug-likeness (QED) is 0.561. The van der Waals surface area contributed by atoms with Crippen molar-refractivity contribution in [3.05, 3.63) is 59.1 Å². The molecule has 0 bridgehead atoms. The number of rotatable bonds is 8. The van der Waals surface area contributed by atoms with Crippen molar-refractivity contribution in [2.24, 2.45) is 0 Å². The van der Waals surface area contributed by atoms with Gasteiger partial charge in [-0.2, -0.15) is 0 Å². The van der Waals surface area contributed by atoms with Gasteiger partial charge in [0.2, 0.25) is 11.8 Å². The number of aliphatic carboxylic acids is 1. The first-order chi connectivity index (χ1) is 15.3. The van der Waals surface area contributed by atoms with E-state index in [1.165, 1.54) is 0 Å². The zero-order valence-corrected chi connectivity index (χ0v) is 18.1. The lowest BCUT2D eigenvalue weighted by atomic mass is 10.1. The van der Waals surface area contributed by atoms with Crippen molar-refractivity contribution in [1.82, 2.24) is 5.32 Å². The molecule has 0 spiro atoms. The monoisotopic (exact) mass is 457 g/mol. The molecule has 8 nitrogen and oxygen atoms in total. The Bertz CT molecular complexity index is 992. The van der Waals surface area contributed by atoms with E-state index in [0.29, 0.717) is 29.2 Å². The van der Waals surface area contributed by atoms with Gasteiger partial charge in [-0.15, -0.1) is 0 Å². The zero-order chi connectivity index (χ0) is 23.1. The van der Waals surface area contributed by atoms with Gasteiger partial charge in [-0.3, -0.25) is 19.2 Å². The van der Waals surface area contributed by atoms with Crippen molar-refractivity contribution in [2.75, 3.05) is 16.8 Å². The highest BCUT2D eigenvalue weighted by Gasteiger charge is 2.22. The molecule has 168 valence electrons. The molecular weight excluding hydrogens is 434 g/mol. The van der Waals surface area contributed by atoms with Crippen LogP contribution < -0.4 is 15.5 Å². The molecule has 3 amide bonds. The number of benzene rings is 2. The van der Waals surface area contributed by atoms with Crippen LogP contribution in [0.15, 0.2) is 48.5 Å².